The molecular formula is C27H38O2Si. The maximum Gasteiger partial charge on any atom is 0.138 e. The summed E-state index contributed by atoms with van der Waals surface area (Å²) in [6.07, 6.45) is 10.5. The molecule has 1 heterocycles. The van der Waals surface area contributed by atoms with Crippen LogP contribution in [0.4, 0.5) is 0 Å². The SMILES string of the molecule is CC[Si]1(C#C[C@]2(O)CC[C@H]3[C@@H]4CCc5cc(O)ccc5[C@H]4CC[C@@]32C)CCCCC1. The Morgan fingerprint density at radius 2 is 1.90 bits per heavy atom. The predicted octanol–water partition coefficient (Wildman–Crippen LogP) is 6.17. The van der Waals surface area contributed by atoms with Crippen molar-refractivity contribution in [2.45, 2.75) is 101 Å². The molecule has 162 valence electrons. The maximum absolute atomic E-state index is 11.9. The molecule has 0 bridgehead atoms. The number of fused-ring (bicyclic) bond motifs is 5. The molecule has 1 saturated heterocycles. The van der Waals surface area contributed by atoms with Gasteiger partial charge in [0.05, 0.1) is 0 Å². The average Bonchev–Trinajstić information content (AvgIpc) is 3.04. The van der Waals surface area contributed by atoms with Crippen LogP contribution in [0.5, 0.6) is 5.75 Å². The van der Waals surface area contributed by atoms with Crippen LogP contribution < -0.4 is 0 Å². The number of hydrogen-bond acceptors (Lipinski definition) is 2. The molecule has 2 N–H and O–H groups in total. The van der Waals surface area contributed by atoms with E-state index in [9.17, 15) is 10.2 Å². The summed E-state index contributed by atoms with van der Waals surface area (Å²) >= 11 is 0. The van der Waals surface area contributed by atoms with E-state index >= 15 is 0 Å². The van der Waals surface area contributed by atoms with Crippen LogP contribution in [0.15, 0.2) is 18.2 Å². The fraction of sp³-hybridized carbons (Fsp3) is 0.704. The van der Waals surface area contributed by atoms with Crippen molar-refractivity contribution in [3.05, 3.63) is 29.3 Å². The lowest BCUT2D eigenvalue weighted by Gasteiger charge is -2.52. The van der Waals surface area contributed by atoms with Crippen molar-refractivity contribution in [1.29, 1.82) is 0 Å². The van der Waals surface area contributed by atoms with E-state index in [4.69, 9.17) is 0 Å². The number of aliphatic hydroxyl groups is 1. The average molecular weight is 423 g/mol. The Morgan fingerprint density at radius 1 is 1.10 bits per heavy atom. The molecular weight excluding hydrogens is 384 g/mol. The van der Waals surface area contributed by atoms with Crippen LogP contribution in [0.25, 0.3) is 0 Å². The molecule has 0 aromatic heterocycles. The molecule has 30 heavy (non-hydrogen) atoms. The van der Waals surface area contributed by atoms with Gasteiger partial charge in [0.2, 0.25) is 0 Å². The van der Waals surface area contributed by atoms with E-state index in [2.05, 4.69) is 31.4 Å². The zero-order valence-corrected chi connectivity index (χ0v) is 19.8. The summed E-state index contributed by atoms with van der Waals surface area (Å²) in [4.78, 5) is 0. The van der Waals surface area contributed by atoms with Crippen molar-refractivity contribution in [3.63, 3.8) is 0 Å². The van der Waals surface area contributed by atoms with Gasteiger partial charge in [0.15, 0.2) is 0 Å². The third-order valence-corrected chi connectivity index (χ3v) is 14.5. The highest BCUT2D eigenvalue weighted by Gasteiger charge is 2.61. The monoisotopic (exact) mass is 422 g/mol. The van der Waals surface area contributed by atoms with E-state index in [1.54, 1.807) is 0 Å². The van der Waals surface area contributed by atoms with Gasteiger partial charge < -0.3 is 10.2 Å². The second kappa shape index (κ2) is 7.42. The van der Waals surface area contributed by atoms with Gasteiger partial charge in [-0.2, -0.15) is 0 Å². The minimum Gasteiger partial charge on any atom is -0.508 e. The Morgan fingerprint density at radius 3 is 2.67 bits per heavy atom. The van der Waals surface area contributed by atoms with Crippen molar-refractivity contribution in [2.24, 2.45) is 17.3 Å². The summed E-state index contributed by atoms with van der Waals surface area (Å²) in [5.74, 6) is 5.84. The minimum atomic E-state index is -1.49. The van der Waals surface area contributed by atoms with Crippen LogP contribution in [0.1, 0.15) is 82.3 Å². The number of benzene rings is 1. The topological polar surface area (TPSA) is 40.5 Å². The van der Waals surface area contributed by atoms with Gasteiger partial charge in [0.25, 0.3) is 0 Å². The van der Waals surface area contributed by atoms with Crippen molar-refractivity contribution >= 4 is 8.07 Å². The molecule has 3 fully saturated rings. The molecule has 0 spiro atoms. The Kier molecular flexibility index (Phi) is 5.11. The molecule has 1 aromatic carbocycles. The Bertz CT molecular complexity index is 877. The molecule has 2 nitrogen and oxygen atoms in total. The number of rotatable bonds is 1. The fourth-order valence-corrected chi connectivity index (χ4v) is 11.5. The molecule has 1 aliphatic heterocycles. The number of aryl methyl sites for hydroxylation is 1. The summed E-state index contributed by atoms with van der Waals surface area (Å²) in [5, 5.41) is 21.8. The summed E-state index contributed by atoms with van der Waals surface area (Å²) in [5.41, 5.74) is 5.79. The second-order valence-corrected chi connectivity index (χ2v) is 15.6. The molecule has 3 aliphatic carbocycles. The van der Waals surface area contributed by atoms with E-state index in [-0.39, 0.29) is 5.41 Å². The highest BCUT2D eigenvalue weighted by Crippen LogP contribution is 2.64. The number of phenols is 1. The van der Waals surface area contributed by atoms with Crippen LogP contribution in [0.3, 0.4) is 0 Å². The van der Waals surface area contributed by atoms with E-state index in [0.717, 1.165) is 32.1 Å². The Labute approximate surface area is 183 Å². The minimum absolute atomic E-state index is 0.0619. The van der Waals surface area contributed by atoms with Crippen LogP contribution in [0.2, 0.25) is 18.1 Å². The molecule has 1 aromatic rings. The molecule has 0 radical (unpaired) electrons. The molecule has 2 saturated carbocycles. The molecule has 3 heteroatoms. The maximum atomic E-state index is 11.9. The second-order valence-electron chi connectivity index (χ2n) is 11.1. The standard InChI is InChI=1S/C27H38O2Si/c1-3-30(16-5-4-6-17-30)18-15-27(29)14-12-25-24-9-7-20-19-21(28)8-10-22(20)23(24)11-13-26(25,27)2/h8,10,19,23-25,28-29H,3-7,9,11-14,16-17H2,1-2H3/t23-,24-,25+,26+,27-/m1/s1. The van der Waals surface area contributed by atoms with E-state index in [1.807, 2.05) is 12.1 Å². The van der Waals surface area contributed by atoms with Gasteiger partial charge in [-0.05, 0) is 97.7 Å². The quantitative estimate of drug-likeness (QED) is 0.419. The van der Waals surface area contributed by atoms with Crippen LogP contribution in [-0.2, 0) is 6.42 Å². The first-order chi connectivity index (χ1) is 14.4. The Balaban J connectivity index is 1.43. The zero-order chi connectivity index (χ0) is 21.0. The first-order valence-electron chi connectivity index (χ1n) is 12.5. The van der Waals surface area contributed by atoms with Gasteiger partial charge in [-0.1, -0.05) is 45.1 Å². The summed E-state index contributed by atoms with van der Waals surface area (Å²) < 4.78 is 0. The van der Waals surface area contributed by atoms with Crippen molar-refractivity contribution < 1.29 is 10.2 Å². The van der Waals surface area contributed by atoms with Crippen LogP contribution >= 0.6 is 0 Å². The summed E-state index contributed by atoms with van der Waals surface area (Å²) in [7, 11) is -1.49. The largest absolute Gasteiger partial charge is 0.508 e. The van der Waals surface area contributed by atoms with Gasteiger partial charge in [-0.3, -0.25) is 0 Å². The third kappa shape index (κ3) is 3.09. The third-order valence-electron chi connectivity index (χ3n) is 9.88. The van der Waals surface area contributed by atoms with E-state index in [0.29, 0.717) is 23.5 Å². The molecule has 0 amide bonds. The van der Waals surface area contributed by atoms with Crippen LogP contribution in [-0.4, -0.2) is 23.9 Å². The van der Waals surface area contributed by atoms with Crippen molar-refractivity contribution in [1.82, 2.24) is 0 Å². The lowest BCUT2D eigenvalue weighted by molar-refractivity contribution is -0.0647. The highest BCUT2D eigenvalue weighted by molar-refractivity contribution is 6.87. The highest BCUT2D eigenvalue weighted by atomic mass is 28.3. The van der Waals surface area contributed by atoms with Gasteiger partial charge in [0, 0.05) is 5.41 Å². The molecule has 4 aliphatic rings. The lowest BCUT2D eigenvalue weighted by atomic mass is 9.53. The first kappa shape index (κ1) is 20.6. The van der Waals surface area contributed by atoms with E-state index < -0.39 is 13.7 Å². The molecule has 5 atom stereocenters. The first-order valence-corrected chi connectivity index (χ1v) is 15.1. The normalized spacial score (nSPS) is 39.2. The van der Waals surface area contributed by atoms with Gasteiger partial charge in [0.1, 0.15) is 19.4 Å². The fourth-order valence-electron chi connectivity index (χ4n) is 7.82. The zero-order valence-electron chi connectivity index (χ0n) is 18.8. The van der Waals surface area contributed by atoms with Gasteiger partial charge >= 0.3 is 0 Å². The number of hydrogen-bond donors (Lipinski definition) is 2. The predicted molar refractivity (Wildman–Crippen MR) is 125 cm³/mol. The lowest BCUT2D eigenvalue weighted by Crippen LogP contribution is -2.50. The van der Waals surface area contributed by atoms with Crippen LogP contribution in [0, 0.1) is 28.7 Å². The van der Waals surface area contributed by atoms with Gasteiger partial charge in [-0.15, -0.1) is 5.54 Å². The van der Waals surface area contributed by atoms with Gasteiger partial charge in [-0.25, -0.2) is 0 Å². The summed E-state index contributed by atoms with van der Waals surface area (Å²) in [6, 6.07) is 9.97. The smallest absolute Gasteiger partial charge is 0.138 e. The number of aromatic hydroxyl groups is 1. The molecule has 0 unspecified atom stereocenters. The van der Waals surface area contributed by atoms with Crippen molar-refractivity contribution in [2.75, 3.05) is 0 Å². The van der Waals surface area contributed by atoms with E-state index in [1.165, 1.54) is 54.9 Å². The Hall–Kier alpha value is -1.24. The van der Waals surface area contributed by atoms with Crippen molar-refractivity contribution in [3.8, 4) is 17.2 Å². The molecule has 5 rings (SSSR count). The number of phenolic OH excluding ortho intramolecular Hbond substituents is 1. The summed E-state index contributed by atoms with van der Waals surface area (Å²) in [6.45, 7) is 4.71.